The molecule has 0 aromatic heterocycles. The molecule has 0 amide bonds. The molecule has 4 aromatic carbocycles. The number of benzene rings is 4. The number of nitrogens with zero attached hydrogens (tertiary/aromatic N) is 2. The zero-order valence-corrected chi connectivity index (χ0v) is 22.4. The molecule has 0 aliphatic heterocycles. The van der Waals surface area contributed by atoms with Crippen LogP contribution in [0.1, 0.15) is 34.3 Å². The molecule has 2 heteroatoms. The third kappa shape index (κ3) is 6.72. The minimum Gasteiger partial charge on any atom is -0.317 e. The summed E-state index contributed by atoms with van der Waals surface area (Å²) in [6, 6.07) is 44.9. The van der Waals surface area contributed by atoms with E-state index in [9.17, 15) is 0 Å². The fraction of sp³-hybridized carbons (Fsp3) is 0.294. The van der Waals surface area contributed by atoms with E-state index in [1.54, 1.807) is 0 Å². The molecule has 0 fully saturated rings. The fourth-order valence-electron chi connectivity index (χ4n) is 5.39. The van der Waals surface area contributed by atoms with Gasteiger partial charge in [0.05, 0.1) is 28.2 Å². The first-order valence-electron chi connectivity index (χ1n) is 13.2. The predicted molar refractivity (Wildman–Crippen MR) is 153 cm³/mol. The van der Waals surface area contributed by atoms with E-state index in [0.29, 0.717) is 12.1 Å². The monoisotopic (exact) mass is 478 g/mol. The number of hydrogen-bond acceptors (Lipinski definition) is 0. The number of hydrogen-bond donors (Lipinski definition) is 0. The Balaban J connectivity index is 1.58. The Morgan fingerprint density at radius 2 is 0.694 bits per heavy atom. The molecule has 0 aliphatic carbocycles. The van der Waals surface area contributed by atoms with Crippen LogP contribution in [0.5, 0.6) is 0 Å². The highest BCUT2D eigenvalue weighted by Gasteiger charge is 2.36. The Labute approximate surface area is 218 Å². The van der Waals surface area contributed by atoms with E-state index in [1.807, 2.05) is 0 Å². The van der Waals surface area contributed by atoms with E-state index < -0.39 is 0 Å². The quantitative estimate of drug-likeness (QED) is 0.202. The molecule has 4 aromatic rings. The largest absolute Gasteiger partial charge is 0.317 e. The van der Waals surface area contributed by atoms with Gasteiger partial charge in [0.2, 0.25) is 0 Å². The van der Waals surface area contributed by atoms with Crippen molar-refractivity contribution in [2.75, 3.05) is 41.3 Å². The van der Waals surface area contributed by atoms with Gasteiger partial charge in [0, 0.05) is 24.0 Å². The molecule has 0 spiro atoms. The second kappa shape index (κ2) is 11.7. The Bertz CT molecular complexity index is 1070. The van der Waals surface area contributed by atoms with Crippen LogP contribution in [0.3, 0.4) is 0 Å². The number of rotatable bonds is 11. The van der Waals surface area contributed by atoms with E-state index in [4.69, 9.17) is 0 Å². The lowest BCUT2D eigenvalue weighted by Crippen LogP contribution is -2.54. The molecule has 2 nitrogen and oxygen atoms in total. The first-order chi connectivity index (χ1) is 17.4. The second-order valence-electron chi connectivity index (χ2n) is 11.2. The summed E-state index contributed by atoms with van der Waals surface area (Å²) >= 11 is 0. The molecule has 0 saturated carbocycles. The molecule has 36 heavy (non-hydrogen) atoms. The molecule has 0 unspecified atom stereocenters. The standard InChI is InChI=1S/C34H42N2/c1-35(2,33(31-21-13-7-14-22-31)27-29-17-9-5-10-18-29)25-26-36(3,4)34(32-23-15-8-16-24-32)28-30-19-11-6-12-20-30/h5-24,33-34H,25-28H2,1-4H3/q+2/t33-,34-/m1/s1. The lowest BCUT2D eigenvalue weighted by molar-refractivity contribution is -0.974. The van der Waals surface area contributed by atoms with Crippen LogP contribution in [0, 0.1) is 0 Å². The van der Waals surface area contributed by atoms with Crippen LogP contribution in [-0.4, -0.2) is 50.2 Å². The molecule has 0 N–H and O–H groups in total. The summed E-state index contributed by atoms with van der Waals surface area (Å²) in [7, 11) is 9.65. The molecule has 0 saturated heterocycles. The van der Waals surface area contributed by atoms with Gasteiger partial charge in [-0.1, -0.05) is 121 Å². The van der Waals surface area contributed by atoms with Crippen molar-refractivity contribution in [3.05, 3.63) is 144 Å². The van der Waals surface area contributed by atoms with Crippen LogP contribution in [0.2, 0.25) is 0 Å². The van der Waals surface area contributed by atoms with Crippen molar-refractivity contribution in [3.8, 4) is 0 Å². The first kappa shape index (κ1) is 25.9. The fourth-order valence-corrected chi connectivity index (χ4v) is 5.39. The number of quaternary nitrogens is 2. The van der Waals surface area contributed by atoms with Gasteiger partial charge in [-0.2, -0.15) is 0 Å². The maximum Gasteiger partial charge on any atom is 0.129 e. The third-order valence-corrected chi connectivity index (χ3v) is 7.85. The molecule has 0 bridgehead atoms. The summed E-state index contributed by atoms with van der Waals surface area (Å²) in [5.41, 5.74) is 5.64. The van der Waals surface area contributed by atoms with Gasteiger partial charge in [-0.15, -0.1) is 0 Å². The maximum atomic E-state index is 2.41. The third-order valence-electron chi connectivity index (χ3n) is 7.85. The predicted octanol–water partition coefficient (Wildman–Crippen LogP) is 7.11. The molecule has 4 rings (SSSR count). The van der Waals surface area contributed by atoms with Crippen LogP contribution in [-0.2, 0) is 12.8 Å². The van der Waals surface area contributed by atoms with Gasteiger partial charge in [-0.05, 0) is 11.1 Å². The zero-order valence-electron chi connectivity index (χ0n) is 22.4. The van der Waals surface area contributed by atoms with Gasteiger partial charge in [0.15, 0.2) is 0 Å². The second-order valence-corrected chi connectivity index (χ2v) is 11.2. The maximum absolute atomic E-state index is 2.41. The molecule has 2 atom stereocenters. The van der Waals surface area contributed by atoms with Gasteiger partial charge in [0.1, 0.15) is 25.2 Å². The van der Waals surface area contributed by atoms with Crippen LogP contribution in [0.15, 0.2) is 121 Å². The molecular formula is C34H42N2+2. The molecular weight excluding hydrogens is 436 g/mol. The van der Waals surface area contributed by atoms with Crippen molar-refractivity contribution in [2.24, 2.45) is 0 Å². The van der Waals surface area contributed by atoms with Crippen molar-refractivity contribution in [1.29, 1.82) is 0 Å². The highest BCUT2D eigenvalue weighted by molar-refractivity contribution is 5.24. The molecule has 0 heterocycles. The van der Waals surface area contributed by atoms with Crippen molar-refractivity contribution >= 4 is 0 Å². The summed E-state index contributed by atoms with van der Waals surface area (Å²) in [6.45, 7) is 2.19. The Morgan fingerprint density at radius 3 is 1.00 bits per heavy atom. The van der Waals surface area contributed by atoms with E-state index in [0.717, 1.165) is 34.9 Å². The lowest BCUT2D eigenvalue weighted by Gasteiger charge is -2.44. The summed E-state index contributed by atoms with van der Waals surface area (Å²) in [5, 5.41) is 0. The summed E-state index contributed by atoms with van der Waals surface area (Å²) in [6.07, 6.45) is 2.08. The van der Waals surface area contributed by atoms with E-state index in [1.165, 1.54) is 22.3 Å². The zero-order chi connectivity index (χ0) is 25.4. The average molecular weight is 479 g/mol. The minimum atomic E-state index is 0.401. The van der Waals surface area contributed by atoms with Crippen LogP contribution >= 0.6 is 0 Å². The minimum absolute atomic E-state index is 0.401. The van der Waals surface area contributed by atoms with E-state index in [-0.39, 0.29) is 0 Å². The Morgan fingerprint density at radius 1 is 0.417 bits per heavy atom. The van der Waals surface area contributed by atoms with E-state index in [2.05, 4.69) is 150 Å². The van der Waals surface area contributed by atoms with Crippen LogP contribution < -0.4 is 0 Å². The van der Waals surface area contributed by atoms with Gasteiger partial charge >= 0.3 is 0 Å². The molecule has 0 aliphatic rings. The molecule has 0 radical (unpaired) electrons. The summed E-state index contributed by atoms with van der Waals surface area (Å²) in [4.78, 5) is 0. The Hall–Kier alpha value is -3.20. The Kier molecular flexibility index (Phi) is 8.40. The highest BCUT2D eigenvalue weighted by atomic mass is 15.4. The smallest absolute Gasteiger partial charge is 0.129 e. The van der Waals surface area contributed by atoms with Gasteiger partial charge in [0.25, 0.3) is 0 Å². The topological polar surface area (TPSA) is 0 Å². The summed E-state index contributed by atoms with van der Waals surface area (Å²) in [5.74, 6) is 0. The van der Waals surface area contributed by atoms with Gasteiger partial charge in [-0.3, -0.25) is 0 Å². The lowest BCUT2D eigenvalue weighted by atomic mass is 9.94. The SMILES string of the molecule is C[N+](C)(CC[N+](C)(C)[C@H](Cc1ccccc1)c1ccccc1)[C@H](Cc1ccccc1)c1ccccc1. The first-order valence-corrected chi connectivity index (χ1v) is 13.2. The summed E-state index contributed by atoms with van der Waals surface area (Å²) < 4.78 is 1.90. The number of likely N-dealkylation sites (N-methyl/N-ethyl adjacent to an activating group) is 2. The van der Waals surface area contributed by atoms with Gasteiger partial charge in [-0.25, -0.2) is 0 Å². The normalized spacial score (nSPS) is 13.8. The van der Waals surface area contributed by atoms with Crippen LogP contribution in [0.25, 0.3) is 0 Å². The van der Waals surface area contributed by atoms with Gasteiger partial charge < -0.3 is 8.97 Å². The van der Waals surface area contributed by atoms with Crippen molar-refractivity contribution in [1.82, 2.24) is 0 Å². The van der Waals surface area contributed by atoms with Crippen molar-refractivity contribution in [3.63, 3.8) is 0 Å². The van der Waals surface area contributed by atoms with Crippen molar-refractivity contribution in [2.45, 2.75) is 24.9 Å². The molecule has 186 valence electrons. The highest BCUT2D eigenvalue weighted by Crippen LogP contribution is 2.32. The van der Waals surface area contributed by atoms with Crippen molar-refractivity contribution < 1.29 is 8.97 Å². The van der Waals surface area contributed by atoms with E-state index >= 15 is 0 Å². The van der Waals surface area contributed by atoms with Crippen LogP contribution in [0.4, 0.5) is 0 Å². The average Bonchev–Trinajstić information content (AvgIpc) is 2.91.